The number of aromatic nitrogens is 5. The van der Waals surface area contributed by atoms with Crippen LogP contribution in [0.2, 0.25) is 0 Å². The molecule has 0 saturated carbocycles. The maximum Gasteiger partial charge on any atom is 0.403 e. The van der Waals surface area contributed by atoms with Crippen molar-refractivity contribution in [3.8, 4) is 5.69 Å². The Bertz CT molecular complexity index is 1830. The van der Waals surface area contributed by atoms with Crippen molar-refractivity contribution in [3.63, 3.8) is 0 Å². The number of fused-ring (bicyclic) bond motifs is 2. The van der Waals surface area contributed by atoms with Crippen LogP contribution < -0.4 is 25.5 Å². The van der Waals surface area contributed by atoms with Crippen LogP contribution in [0.3, 0.4) is 0 Å². The summed E-state index contributed by atoms with van der Waals surface area (Å²) in [7, 11) is 7.73. The first-order chi connectivity index (χ1) is 20.1. The van der Waals surface area contributed by atoms with Crippen LogP contribution in [0.1, 0.15) is 11.1 Å². The second-order valence-electron chi connectivity index (χ2n) is 10.5. The number of anilines is 3. The number of halogens is 1. The van der Waals surface area contributed by atoms with Crippen molar-refractivity contribution in [3.05, 3.63) is 96.3 Å². The first-order valence-corrected chi connectivity index (χ1v) is 13.6. The zero-order valence-electron chi connectivity index (χ0n) is 25.2. The van der Waals surface area contributed by atoms with Crippen LogP contribution in [0.4, 0.5) is 28.7 Å². The van der Waals surface area contributed by atoms with Crippen molar-refractivity contribution < 1.29 is 9.13 Å². The standard InChI is InChI=1S/C20H18N4.C12H17N6.ClH/c1-12-8-17-19(10-15(12)21)24(14-6-4-3-5-7-14)20-11-16(22)13(2)9-18(20)23-17;1-16(2)11-7-5-10(6-8-11)14-15-12-17(3)9-13-18(12)4;/h3-11H,1-2H3,(H3,21,22);5-9H,1-4H3;1H/q;+1;/p+1. The minimum absolute atomic E-state index is 0. The maximum atomic E-state index is 6.17. The zero-order chi connectivity index (χ0) is 30.0. The summed E-state index contributed by atoms with van der Waals surface area (Å²) in [5, 5.41) is 12.5. The summed E-state index contributed by atoms with van der Waals surface area (Å²) < 4.78 is 5.67. The predicted octanol–water partition coefficient (Wildman–Crippen LogP) is 5.59. The van der Waals surface area contributed by atoms with Gasteiger partial charge in [0.1, 0.15) is 11.0 Å². The Balaban J connectivity index is 0.000000201. The largest absolute Gasteiger partial charge is 0.403 e. The summed E-state index contributed by atoms with van der Waals surface area (Å²) in [6.07, 6.45) is 1.70. The molecule has 4 N–H and O–H groups in total. The summed E-state index contributed by atoms with van der Waals surface area (Å²) >= 11 is 0. The number of hydrogen-bond acceptors (Lipinski definition) is 7. The minimum Gasteiger partial charge on any atom is -0.398 e. The van der Waals surface area contributed by atoms with Gasteiger partial charge in [-0.1, -0.05) is 23.3 Å². The molecule has 0 radical (unpaired) electrons. The van der Waals surface area contributed by atoms with Crippen molar-refractivity contribution in [1.29, 1.82) is 0 Å². The Morgan fingerprint density at radius 2 is 1.35 bits per heavy atom. The van der Waals surface area contributed by atoms with E-state index in [2.05, 4.69) is 32.0 Å². The maximum absolute atomic E-state index is 6.17. The summed E-state index contributed by atoms with van der Waals surface area (Å²) in [6, 6.07) is 26.2. The summed E-state index contributed by atoms with van der Waals surface area (Å²) in [6.45, 7) is 4.00. The van der Waals surface area contributed by atoms with Crippen LogP contribution in [-0.4, -0.2) is 28.9 Å². The molecule has 0 aliphatic carbocycles. The molecule has 43 heavy (non-hydrogen) atoms. The van der Waals surface area contributed by atoms with Crippen LogP contribution >= 0.6 is 12.4 Å². The van der Waals surface area contributed by atoms with E-state index in [1.165, 1.54) is 0 Å². The van der Waals surface area contributed by atoms with Crippen molar-refractivity contribution in [2.75, 3.05) is 30.5 Å². The Hall–Kier alpha value is -5.09. The van der Waals surface area contributed by atoms with E-state index >= 15 is 0 Å². The van der Waals surface area contributed by atoms with Crippen LogP contribution in [0.25, 0.3) is 27.8 Å². The fourth-order valence-corrected chi connectivity index (χ4v) is 4.59. The van der Waals surface area contributed by atoms with Gasteiger partial charge < -0.3 is 16.4 Å². The average Bonchev–Trinajstić information content (AvgIpc) is 3.30. The number of benzene rings is 4. The molecule has 0 fully saturated rings. The molecular weight excluding hydrogens is 560 g/mol. The van der Waals surface area contributed by atoms with E-state index in [1.54, 1.807) is 11.0 Å². The third-order valence-corrected chi connectivity index (χ3v) is 7.09. The molecule has 10 nitrogen and oxygen atoms in total. The highest BCUT2D eigenvalue weighted by atomic mass is 35.5. The summed E-state index contributed by atoms with van der Waals surface area (Å²) in [5.74, 6) is 0.701. The summed E-state index contributed by atoms with van der Waals surface area (Å²) in [5.41, 5.74) is 22.7. The molecule has 0 amide bonds. The monoisotopic (exact) mass is 596 g/mol. The number of hydrogen-bond donors (Lipinski definition) is 2. The predicted molar refractivity (Wildman–Crippen MR) is 176 cm³/mol. The lowest BCUT2D eigenvalue weighted by Gasteiger charge is -2.11. The van der Waals surface area contributed by atoms with Gasteiger partial charge in [0, 0.05) is 60.5 Å². The quantitative estimate of drug-likeness (QED) is 0.119. The lowest BCUT2D eigenvalue weighted by Crippen LogP contribution is -2.33. The molecule has 4 aromatic carbocycles. The molecule has 2 aromatic heterocycles. The summed E-state index contributed by atoms with van der Waals surface area (Å²) in [4.78, 5) is 6.88. The molecule has 2 heterocycles. The number of aryl methyl sites for hydroxylation is 4. The van der Waals surface area contributed by atoms with Gasteiger partial charge in [0.25, 0.3) is 0 Å². The normalized spacial score (nSPS) is 10.9. The zero-order valence-corrected chi connectivity index (χ0v) is 26.0. The molecule has 0 aliphatic rings. The van der Waals surface area contributed by atoms with Gasteiger partial charge in [0.15, 0.2) is 0 Å². The lowest BCUT2D eigenvalue weighted by atomic mass is 10.1. The Labute approximate surface area is 257 Å². The van der Waals surface area contributed by atoms with Gasteiger partial charge >= 0.3 is 5.95 Å². The van der Waals surface area contributed by atoms with Crippen molar-refractivity contribution in [2.24, 2.45) is 24.3 Å². The third kappa shape index (κ3) is 6.54. The molecule has 11 heteroatoms. The number of rotatable bonds is 4. The minimum atomic E-state index is 0. The SMILES string of the molecule is CN(C)c1ccc(N=Nc2n(C)nc[n+]2C)cc1.Cc1cc2nc3cc(C)c(N)cc3[n+](-c3ccccc3)c2cc1N.Cl. The van der Waals surface area contributed by atoms with E-state index in [4.69, 9.17) is 16.5 Å². The van der Waals surface area contributed by atoms with Gasteiger partial charge in [-0.2, -0.15) is 0 Å². The Kier molecular flexibility index (Phi) is 9.21. The highest BCUT2D eigenvalue weighted by molar-refractivity contribution is 5.87. The number of nitrogen functional groups attached to an aromatic ring is 2. The van der Waals surface area contributed by atoms with Crippen LogP contribution in [0, 0.1) is 13.8 Å². The number of para-hydroxylation sites is 1. The van der Waals surface area contributed by atoms with Crippen molar-refractivity contribution in [2.45, 2.75) is 13.8 Å². The van der Waals surface area contributed by atoms with Crippen molar-refractivity contribution >= 4 is 63.2 Å². The van der Waals surface area contributed by atoms with E-state index in [1.807, 2.05) is 118 Å². The molecule has 0 bridgehead atoms. The van der Waals surface area contributed by atoms with Gasteiger partial charge in [-0.15, -0.1) is 21.7 Å². The number of nitrogens with zero attached hydrogens (tertiary/aromatic N) is 8. The van der Waals surface area contributed by atoms with Gasteiger partial charge in [0.05, 0.1) is 19.8 Å². The number of azo groups is 1. The van der Waals surface area contributed by atoms with Crippen LogP contribution in [-0.2, 0) is 14.1 Å². The third-order valence-electron chi connectivity index (χ3n) is 7.09. The first kappa shape index (κ1) is 30.9. The molecule has 0 atom stereocenters. The van der Waals surface area contributed by atoms with Gasteiger partial charge in [-0.05, 0) is 66.5 Å². The molecule has 6 rings (SSSR count). The van der Waals surface area contributed by atoms with E-state index in [-0.39, 0.29) is 12.4 Å². The number of nitrogens with two attached hydrogens (primary N) is 2. The average molecular weight is 597 g/mol. The van der Waals surface area contributed by atoms with E-state index < -0.39 is 0 Å². The van der Waals surface area contributed by atoms with E-state index in [0.717, 1.165) is 61.6 Å². The molecule has 0 spiro atoms. The Morgan fingerprint density at radius 1 is 0.791 bits per heavy atom. The highest BCUT2D eigenvalue weighted by Crippen LogP contribution is 2.25. The molecule has 220 valence electrons. The fraction of sp³-hybridized carbons (Fsp3) is 0.188. The second kappa shape index (κ2) is 12.8. The fourth-order valence-electron chi connectivity index (χ4n) is 4.59. The van der Waals surface area contributed by atoms with Gasteiger partial charge in [0.2, 0.25) is 23.0 Å². The van der Waals surface area contributed by atoms with Gasteiger partial charge in [-0.25, -0.2) is 9.55 Å². The first-order valence-electron chi connectivity index (χ1n) is 13.6. The highest BCUT2D eigenvalue weighted by Gasteiger charge is 2.21. The van der Waals surface area contributed by atoms with Crippen LogP contribution in [0.15, 0.2) is 95.4 Å². The van der Waals surface area contributed by atoms with E-state index in [0.29, 0.717) is 5.95 Å². The smallest absolute Gasteiger partial charge is 0.398 e. The lowest BCUT2D eigenvalue weighted by molar-refractivity contribution is -0.659. The topological polar surface area (TPSA) is 118 Å². The second-order valence-corrected chi connectivity index (χ2v) is 10.5. The molecule has 0 aliphatic heterocycles. The van der Waals surface area contributed by atoms with Crippen LogP contribution in [0.5, 0.6) is 0 Å². The molecular formula is C32H37ClN10+2. The molecule has 6 aromatic rings. The molecule has 0 saturated heterocycles. The van der Waals surface area contributed by atoms with Gasteiger partial charge in [-0.3, -0.25) is 0 Å². The molecule has 0 unspecified atom stereocenters. The van der Waals surface area contributed by atoms with Crippen molar-refractivity contribution in [1.82, 2.24) is 14.8 Å². The van der Waals surface area contributed by atoms with E-state index in [9.17, 15) is 0 Å². The Morgan fingerprint density at radius 3 is 1.84 bits per heavy atom.